The number of nitrogens with one attached hydrogen (secondary N) is 1. The molecule has 2 N–H and O–H groups in total. The maximum absolute atomic E-state index is 12.4. The largest absolute Gasteiger partial charge is 0.481 e. The molecule has 1 atom stereocenters. The zero-order valence-corrected chi connectivity index (χ0v) is 19.8. The highest BCUT2D eigenvalue weighted by atomic mass is 32.2. The van der Waals surface area contributed by atoms with Gasteiger partial charge in [-0.3, -0.25) is 9.59 Å². The first kappa shape index (κ1) is 25.7. The summed E-state index contributed by atoms with van der Waals surface area (Å²) in [5.41, 5.74) is 2.30. The summed E-state index contributed by atoms with van der Waals surface area (Å²) in [4.78, 5) is 24.5. The van der Waals surface area contributed by atoms with Gasteiger partial charge in [-0.05, 0) is 42.5 Å². The van der Waals surface area contributed by atoms with E-state index in [1.807, 2.05) is 30.3 Å². The normalized spacial score (nSPS) is 12.0. The Hall–Kier alpha value is -2.53. The van der Waals surface area contributed by atoms with Gasteiger partial charge in [-0.2, -0.15) is 0 Å². The minimum atomic E-state index is -0.840. The van der Waals surface area contributed by atoms with Gasteiger partial charge in [-0.15, -0.1) is 11.8 Å². The lowest BCUT2D eigenvalue weighted by Gasteiger charge is -2.17. The number of amides is 1. The maximum Gasteiger partial charge on any atom is 0.303 e. The fourth-order valence-corrected chi connectivity index (χ4v) is 4.40. The van der Waals surface area contributed by atoms with Crippen LogP contribution in [0.15, 0.2) is 71.6 Å². The highest BCUT2D eigenvalue weighted by Gasteiger charge is 2.14. The van der Waals surface area contributed by atoms with Crippen molar-refractivity contribution in [2.75, 3.05) is 5.75 Å². The Labute approximate surface area is 196 Å². The number of carbonyl (C=O) groups excluding carboxylic acids is 1. The second-order valence-electron chi connectivity index (χ2n) is 7.93. The molecule has 0 spiro atoms. The number of allylic oxidation sites excluding steroid dienone is 1. The number of unbranched alkanes of at least 4 members (excludes halogenated alkanes) is 4. The smallest absolute Gasteiger partial charge is 0.303 e. The monoisotopic (exact) mass is 453 g/mol. The van der Waals surface area contributed by atoms with E-state index in [0.29, 0.717) is 18.6 Å². The second-order valence-corrected chi connectivity index (χ2v) is 9.02. The Morgan fingerprint density at radius 1 is 1.00 bits per heavy atom. The number of rotatable bonds is 15. The van der Waals surface area contributed by atoms with Gasteiger partial charge in [0.1, 0.15) is 0 Å². The number of aliphatic carboxylic acids is 1. The first-order valence-electron chi connectivity index (χ1n) is 11.5. The van der Waals surface area contributed by atoms with Gasteiger partial charge in [-0.25, -0.2) is 0 Å². The first-order valence-corrected chi connectivity index (χ1v) is 12.5. The summed E-state index contributed by atoms with van der Waals surface area (Å²) < 4.78 is 0. The van der Waals surface area contributed by atoms with Crippen molar-refractivity contribution in [3.05, 3.63) is 66.7 Å². The SMILES string of the molecule is CCCCCC/C=C/CC(=O)N[C@@H](CCC(=O)O)CSc1cccc(-c2ccccc2)c1. The van der Waals surface area contributed by atoms with Crippen LogP contribution in [0.1, 0.15) is 58.3 Å². The highest BCUT2D eigenvalue weighted by molar-refractivity contribution is 7.99. The van der Waals surface area contributed by atoms with E-state index in [1.54, 1.807) is 11.8 Å². The molecule has 0 unspecified atom stereocenters. The average molecular weight is 454 g/mol. The number of carboxylic acids is 1. The molecule has 1 amide bonds. The molecule has 2 rings (SSSR count). The first-order chi connectivity index (χ1) is 15.6. The molecular formula is C27H35NO3S. The number of hydrogen-bond donors (Lipinski definition) is 2. The molecule has 5 heteroatoms. The van der Waals surface area contributed by atoms with Crippen molar-refractivity contribution >= 4 is 23.6 Å². The van der Waals surface area contributed by atoms with Crippen LogP contribution in [-0.4, -0.2) is 28.8 Å². The highest BCUT2D eigenvalue weighted by Crippen LogP contribution is 2.26. The van der Waals surface area contributed by atoms with E-state index in [1.165, 1.54) is 19.3 Å². The molecule has 0 aliphatic heterocycles. The van der Waals surface area contributed by atoms with Gasteiger partial charge >= 0.3 is 5.97 Å². The van der Waals surface area contributed by atoms with Crippen LogP contribution in [-0.2, 0) is 9.59 Å². The summed E-state index contributed by atoms with van der Waals surface area (Å²) in [5, 5.41) is 12.1. The van der Waals surface area contributed by atoms with Crippen LogP contribution in [0.2, 0.25) is 0 Å². The van der Waals surface area contributed by atoms with Crippen LogP contribution >= 0.6 is 11.8 Å². The maximum atomic E-state index is 12.4. The topological polar surface area (TPSA) is 66.4 Å². The van der Waals surface area contributed by atoms with Crippen LogP contribution in [0, 0.1) is 0 Å². The minimum Gasteiger partial charge on any atom is -0.481 e. The van der Waals surface area contributed by atoms with Crippen molar-refractivity contribution in [3.63, 3.8) is 0 Å². The molecule has 4 nitrogen and oxygen atoms in total. The summed E-state index contributed by atoms with van der Waals surface area (Å²) in [7, 11) is 0. The predicted molar refractivity (Wildman–Crippen MR) is 134 cm³/mol. The van der Waals surface area contributed by atoms with Crippen LogP contribution < -0.4 is 5.32 Å². The molecule has 32 heavy (non-hydrogen) atoms. The van der Waals surface area contributed by atoms with Crippen molar-refractivity contribution in [3.8, 4) is 11.1 Å². The number of carbonyl (C=O) groups is 2. The molecule has 0 aliphatic rings. The van der Waals surface area contributed by atoms with Crippen molar-refractivity contribution in [1.29, 1.82) is 0 Å². The number of thioether (sulfide) groups is 1. The van der Waals surface area contributed by atoms with E-state index in [4.69, 9.17) is 5.11 Å². The molecule has 0 aliphatic carbocycles. The van der Waals surface area contributed by atoms with Crippen molar-refractivity contribution in [2.45, 2.75) is 69.2 Å². The Bertz CT molecular complexity index is 851. The van der Waals surface area contributed by atoms with E-state index in [2.05, 4.69) is 48.6 Å². The van der Waals surface area contributed by atoms with E-state index in [9.17, 15) is 9.59 Å². The molecule has 2 aromatic rings. The summed E-state index contributed by atoms with van der Waals surface area (Å²) in [6.45, 7) is 2.19. The molecule has 0 saturated heterocycles. The molecule has 2 aromatic carbocycles. The fraction of sp³-hybridized carbons (Fsp3) is 0.407. The van der Waals surface area contributed by atoms with Crippen molar-refractivity contribution in [1.82, 2.24) is 5.32 Å². The van der Waals surface area contributed by atoms with Crippen molar-refractivity contribution < 1.29 is 14.7 Å². The summed E-state index contributed by atoms with van der Waals surface area (Å²) in [6, 6.07) is 18.3. The second kappa shape index (κ2) is 15.3. The molecule has 0 aromatic heterocycles. The molecule has 0 radical (unpaired) electrons. The molecule has 0 heterocycles. The zero-order chi connectivity index (χ0) is 23.0. The molecule has 0 saturated carbocycles. The van der Waals surface area contributed by atoms with Gasteiger partial charge in [0.25, 0.3) is 0 Å². The van der Waals surface area contributed by atoms with Gasteiger partial charge < -0.3 is 10.4 Å². The van der Waals surface area contributed by atoms with Gasteiger partial charge in [0.05, 0.1) is 0 Å². The Kier molecular flexibility index (Phi) is 12.3. The van der Waals surface area contributed by atoms with Crippen LogP contribution in [0.5, 0.6) is 0 Å². The molecule has 172 valence electrons. The molecule has 0 fully saturated rings. The average Bonchev–Trinajstić information content (AvgIpc) is 2.81. The Morgan fingerprint density at radius 2 is 1.78 bits per heavy atom. The summed E-state index contributed by atoms with van der Waals surface area (Å²) >= 11 is 1.64. The van der Waals surface area contributed by atoms with Crippen molar-refractivity contribution in [2.24, 2.45) is 0 Å². The van der Waals surface area contributed by atoms with E-state index < -0.39 is 5.97 Å². The molecular weight excluding hydrogens is 418 g/mol. The van der Waals surface area contributed by atoms with E-state index >= 15 is 0 Å². The van der Waals surface area contributed by atoms with Gasteiger partial charge in [-0.1, -0.05) is 80.8 Å². The Balaban J connectivity index is 1.87. The predicted octanol–water partition coefficient (Wildman–Crippen LogP) is 6.71. The van der Waals surface area contributed by atoms with E-state index in [-0.39, 0.29) is 18.4 Å². The summed E-state index contributed by atoms with van der Waals surface area (Å²) in [6.07, 6.45) is 10.7. The lowest BCUT2D eigenvalue weighted by Crippen LogP contribution is -2.36. The van der Waals surface area contributed by atoms with E-state index in [0.717, 1.165) is 28.9 Å². The van der Waals surface area contributed by atoms with Gasteiger partial charge in [0.2, 0.25) is 5.91 Å². The minimum absolute atomic E-state index is 0.0445. The number of carboxylic acid groups (broad SMARTS) is 1. The van der Waals surface area contributed by atoms with Gasteiger partial charge in [0, 0.05) is 29.5 Å². The van der Waals surface area contributed by atoms with Crippen LogP contribution in [0.25, 0.3) is 11.1 Å². The lowest BCUT2D eigenvalue weighted by atomic mass is 10.1. The fourth-order valence-electron chi connectivity index (χ4n) is 3.37. The van der Waals surface area contributed by atoms with Gasteiger partial charge in [0.15, 0.2) is 0 Å². The quantitative estimate of drug-likeness (QED) is 0.179. The molecule has 0 bridgehead atoms. The third-order valence-corrected chi connectivity index (χ3v) is 6.31. The van der Waals surface area contributed by atoms with Crippen LogP contribution in [0.3, 0.4) is 0 Å². The van der Waals surface area contributed by atoms with Crippen LogP contribution in [0.4, 0.5) is 0 Å². The Morgan fingerprint density at radius 3 is 2.53 bits per heavy atom. The lowest BCUT2D eigenvalue weighted by molar-refractivity contribution is -0.137. The number of hydrogen-bond acceptors (Lipinski definition) is 3. The standard InChI is InChI=1S/C27H35NO3S/c1-2-3-4-5-6-7-11-17-26(29)28-24(18-19-27(30)31)21-32-25-16-12-15-23(20-25)22-13-9-8-10-14-22/h7-16,20,24H,2-6,17-19,21H2,1H3,(H,28,29)(H,30,31)/b11-7+/t24-/m0/s1. The summed E-state index contributed by atoms with van der Waals surface area (Å²) in [5.74, 6) is -0.256. The zero-order valence-electron chi connectivity index (χ0n) is 19.0. The number of benzene rings is 2. The third-order valence-electron chi connectivity index (χ3n) is 5.16. The third kappa shape index (κ3) is 10.7.